The Labute approximate surface area is 130 Å². The maximum atomic E-state index is 2.31. The minimum absolute atomic E-state index is 0. The molecular formula is C19H16ClN. The van der Waals surface area contributed by atoms with Crippen molar-refractivity contribution in [1.29, 1.82) is 0 Å². The lowest BCUT2D eigenvalue weighted by Crippen LogP contribution is -3.00. The molecule has 0 saturated heterocycles. The molecule has 2 aromatic heterocycles. The highest BCUT2D eigenvalue weighted by atomic mass is 35.5. The molecule has 2 aromatic carbocycles. The molecule has 104 valence electrons. The number of rotatable bonds is 1. The van der Waals surface area contributed by atoms with Crippen LogP contribution in [-0.2, 0) is 6.42 Å². The quantitative estimate of drug-likeness (QED) is 0.368. The Bertz CT molecular complexity index is 944. The highest BCUT2D eigenvalue weighted by molar-refractivity contribution is 6.05. The Kier molecular flexibility index (Phi) is 3.52. The third-order valence-corrected chi connectivity index (χ3v) is 4.08. The van der Waals surface area contributed by atoms with E-state index < -0.39 is 0 Å². The molecule has 0 aliphatic carbocycles. The zero-order valence-corrected chi connectivity index (χ0v) is 12.6. The average molecular weight is 294 g/mol. The number of aromatic nitrogens is 1. The van der Waals surface area contributed by atoms with Crippen LogP contribution in [0.2, 0.25) is 0 Å². The second-order valence-electron chi connectivity index (χ2n) is 5.24. The van der Waals surface area contributed by atoms with E-state index in [9.17, 15) is 0 Å². The average Bonchev–Trinajstić information content (AvgIpc) is 2.53. The van der Waals surface area contributed by atoms with Crippen molar-refractivity contribution in [2.75, 3.05) is 0 Å². The Morgan fingerprint density at radius 1 is 0.810 bits per heavy atom. The number of fused-ring (bicyclic) bond motifs is 5. The summed E-state index contributed by atoms with van der Waals surface area (Å²) in [4.78, 5) is 0. The van der Waals surface area contributed by atoms with Gasteiger partial charge in [0.2, 0.25) is 11.0 Å². The van der Waals surface area contributed by atoms with Crippen LogP contribution in [0.3, 0.4) is 0 Å². The van der Waals surface area contributed by atoms with Crippen LogP contribution in [0.4, 0.5) is 0 Å². The standard InChI is InChI=1S/C19H16N.ClH/c1-2-14-7-9-16-10-11-18-17-6-4-3-5-15(17)8-12-19(18)20(16)13-14;/h3-13H,2H2,1H3;1H/q+1;/p-1. The van der Waals surface area contributed by atoms with Crippen molar-refractivity contribution in [3.8, 4) is 0 Å². The van der Waals surface area contributed by atoms with Gasteiger partial charge >= 0.3 is 0 Å². The van der Waals surface area contributed by atoms with Crippen molar-refractivity contribution in [1.82, 2.24) is 0 Å². The first-order chi connectivity index (χ1) is 9.86. The number of benzene rings is 2. The van der Waals surface area contributed by atoms with Crippen LogP contribution < -0.4 is 16.8 Å². The molecule has 21 heavy (non-hydrogen) atoms. The van der Waals surface area contributed by atoms with E-state index in [2.05, 4.69) is 78.2 Å². The molecule has 0 radical (unpaired) electrons. The maximum Gasteiger partial charge on any atom is 0.219 e. The molecule has 0 amide bonds. The van der Waals surface area contributed by atoms with Crippen LogP contribution in [0.5, 0.6) is 0 Å². The predicted molar refractivity (Wildman–Crippen MR) is 84.0 cm³/mol. The number of nitrogens with zero attached hydrogens (tertiary/aromatic N) is 1. The molecule has 0 spiro atoms. The van der Waals surface area contributed by atoms with Gasteiger partial charge in [-0.25, -0.2) is 0 Å². The fourth-order valence-corrected chi connectivity index (χ4v) is 2.95. The molecule has 2 heteroatoms. The van der Waals surface area contributed by atoms with Gasteiger partial charge in [0.05, 0.1) is 5.39 Å². The van der Waals surface area contributed by atoms with E-state index in [4.69, 9.17) is 0 Å². The van der Waals surface area contributed by atoms with Crippen molar-refractivity contribution >= 4 is 27.2 Å². The van der Waals surface area contributed by atoms with Crippen molar-refractivity contribution in [3.63, 3.8) is 0 Å². The summed E-state index contributed by atoms with van der Waals surface area (Å²) in [5.74, 6) is 0. The van der Waals surface area contributed by atoms with Crippen molar-refractivity contribution in [2.45, 2.75) is 13.3 Å². The Balaban J connectivity index is 0.00000132. The van der Waals surface area contributed by atoms with Gasteiger partial charge in [-0.1, -0.05) is 31.2 Å². The molecule has 0 N–H and O–H groups in total. The van der Waals surface area contributed by atoms with E-state index in [0.717, 1.165) is 6.42 Å². The second kappa shape index (κ2) is 5.34. The Hall–Kier alpha value is -2.12. The number of aryl methyl sites for hydroxylation is 1. The fourth-order valence-electron chi connectivity index (χ4n) is 2.95. The van der Waals surface area contributed by atoms with Crippen LogP contribution in [0.15, 0.2) is 66.9 Å². The van der Waals surface area contributed by atoms with Crippen molar-refractivity contribution in [3.05, 3.63) is 72.4 Å². The summed E-state index contributed by atoms with van der Waals surface area (Å²) in [6.07, 6.45) is 3.32. The predicted octanol–water partition coefficient (Wildman–Crippen LogP) is 1.30. The molecule has 0 aliphatic rings. The van der Waals surface area contributed by atoms with Gasteiger partial charge in [0.1, 0.15) is 0 Å². The number of halogens is 1. The van der Waals surface area contributed by atoms with Crippen LogP contribution in [0.25, 0.3) is 27.2 Å². The first kappa shape index (κ1) is 13.8. The molecular weight excluding hydrogens is 278 g/mol. The van der Waals surface area contributed by atoms with Gasteiger partial charge in [-0.15, -0.1) is 0 Å². The molecule has 2 heterocycles. The largest absolute Gasteiger partial charge is 1.00 e. The molecule has 0 fully saturated rings. The summed E-state index contributed by atoms with van der Waals surface area (Å²) in [5.41, 5.74) is 3.88. The smallest absolute Gasteiger partial charge is 0.219 e. The Morgan fingerprint density at radius 2 is 1.62 bits per heavy atom. The van der Waals surface area contributed by atoms with Crippen molar-refractivity contribution < 1.29 is 16.8 Å². The summed E-state index contributed by atoms with van der Waals surface area (Å²) in [6.45, 7) is 2.20. The molecule has 0 aliphatic heterocycles. The topological polar surface area (TPSA) is 4.10 Å². The van der Waals surface area contributed by atoms with Crippen LogP contribution in [0, 0.1) is 0 Å². The highest BCUT2D eigenvalue weighted by Gasteiger charge is 2.11. The SMILES string of the molecule is CCc1ccc2ccc3c4ccccc4ccc3[n+]2c1.[Cl-]. The first-order valence-corrected chi connectivity index (χ1v) is 7.11. The van der Waals surface area contributed by atoms with Gasteiger partial charge in [-0.2, -0.15) is 4.40 Å². The highest BCUT2D eigenvalue weighted by Crippen LogP contribution is 2.23. The van der Waals surface area contributed by atoms with Gasteiger partial charge in [-0.3, -0.25) is 0 Å². The fraction of sp³-hybridized carbons (Fsp3) is 0.105. The lowest BCUT2D eigenvalue weighted by molar-refractivity contribution is -0.482. The Morgan fingerprint density at radius 3 is 2.48 bits per heavy atom. The second-order valence-corrected chi connectivity index (χ2v) is 5.24. The van der Waals surface area contributed by atoms with E-state index >= 15 is 0 Å². The van der Waals surface area contributed by atoms with Crippen LogP contribution in [-0.4, -0.2) is 0 Å². The molecule has 0 unspecified atom stereocenters. The van der Waals surface area contributed by atoms with Gasteiger partial charge in [0.25, 0.3) is 0 Å². The maximum absolute atomic E-state index is 2.31. The number of hydrogen-bond donors (Lipinski definition) is 0. The lowest BCUT2D eigenvalue weighted by Gasteiger charge is -2.03. The van der Waals surface area contributed by atoms with Gasteiger partial charge in [0.15, 0.2) is 6.20 Å². The zero-order chi connectivity index (χ0) is 13.5. The molecule has 1 nitrogen and oxygen atoms in total. The normalized spacial score (nSPS) is 10.9. The number of hydrogen-bond acceptors (Lipinski definition) is 0. The molecule has 0 atom stereocenters. The van der Waals surface area contributed by atoms with E-state index in [1.807, 2.05) is 0 Å². The first-order valence-electron chi connectivity index (χ1n) is 7.11. The third kappa shape index (κ3) is 2.14. The number of pyridine rings is 2. The van der Waals surface area contributed by atoms with E-state index in [1.165, 1.54) is 32.8 Å². The molecule has 4 rings (SSSR count). The molecule has 4 aromatic rings. The molecule has 0 bridgehead atoms. The molecule has 0 saturated carbocycles. The van der Waals surface area contributed by atoms with Crippen LogP contribution in [0.1, 0.15) is 12.5 Å². The summed E-state index contributed by atoms with van der Waals surface area (Å²) in [6, 6.07) is 21.9. The van der Waals surface area contributed by atoms with Crippen molar-refractivity contribution in [2.24, 2.45) is 0 Å². The summed E-state index contributed by atoms with van der Waals surface area (Å²) >= 11 is 0. The van der Waals surface area contributed by atoms with Gasteiger partial charge in [-0.05, 0) is 35.4 Å². The minimum atomic E-state index is 0. The third-order valence-electron chi connectivity index (χ3n) is 4.08. The van der Waals surface area contributed by atoms with Gasteiger partial charge < -0.3 is 12.4 Å². The lowest BCUT2D eigenvalue weighted by atomic mass is 10.0. The van der Waals surface area contributed by atoms with E-state index in [1.54, 1.807) is 0 Å². The van der Waals surface area contributed by atoms with E-state index in [-0.39, 0.29) is 12.4 Å². The summed E-state index contributed by atoms with van der Waals surface area (Å²) in [5, 5.41) is 3.93. The van der Waals surface area contributed by atoms with Gasteiger partial charge in [0, 0.05) is 23.8 Å². The monoisotopic (exact) mass is 293 g/mol. The summed E-state index contributed by atoms with van der Waals surface area (Å²) in [7, 11) is 0. The zero-order valence-electron chi connectivity index (χ0n) is 11.9. The minimum Gasteiger partial charge on any atom is -1.00 e. The van der Waals surface area contributed by atoms with E-state index in [0.29, 0.717) is 0 Å². The summed E-state index contributed by atoms with van der Waals surface area (Å²) < 4.78 is 2.31. The van der Waals surface area contributed by atoms with Crippen LogP contribution >= 0.6 is 0 Å².